The number of amides is 2. The molecule has 2 heterocycles. The molecule has 1 saturated heterocycles. The second-order valence-electron chi connectivity index (χ2n) is 7.35. The molecule has 1 aliphatic rings. The number of nitrogens with one attached hydrogen (secondary N) is 2. The van der Waals surface area contributed by atoms with Gasteiger partial charge >= 0.3 is 5.97 Å². The first-order valence-electron chi connectivity index (χ1n) is 9.76. The minimum absolute atomic E-state index is 0.0636. The summed E-state index contributed by atoms with van der Waals surface area (Å²) in [5, 5.41) is 2.76. The Hall–Kier alpha value is -2.35. The Bertz CT molecular complexity index is 713. The first-order valence-corrected chi connectivity index (χ1v) is 9.76. The predicted molar refractivity (Wildman–Crippen MR) is 104 cm³/mol. The summed E-state index contributed by atoms with van der Waals surface area (Å²) in [5.41, 5.74) is 1.78. The molecule has 0 radical (unpaired) electrons. The molecule has 2 rings (SSSR count). The smallest absolute Gasteiger partial charge is 0.340 e. The summed E-state index contributed by atoms with van der Waals surface area (Å²) < 4.78 is 10.0. The molecule has 2 amide bonds. The molecule has 1 aliphatic heterocycles. The van der Waals surface area contributed by atoms with Crippen molar-refractivity contribution in [3.63, 3.8) is 0 Å². The second-order valence-corrected chi connectivity index (χ2v) is 7.35. The van der Waals surface area contributed by atoms with Gasteiger partial charge in [-0.15, -0.1) is 0 Å². The lowest BCUT2D eigenvalue weighted by Gasteiger charge is -2.31. The Morgan fingerprint density at radius 1 is 1.25 bits per heavy atom. The van der Waals surface area contributed by atoms with E-state index in [0.717, 1.165) is 25.9 Å². The van der Waals surface area contributed by atoms with Crippen molar-refractivity contribution < 1.29 is 23.9 Å². The molecule has 1 aromatic rings. The van der Waals surface area contributed by atoms with Crippen molar-refractivity contribution in [1.82, 2.24) is 15.2 Å². The van der Waals surface area contributed by atoms with Crippen LogP contribution in [0.2, 0.25) is 0 Å². The topological polar surface area (TPSA) is 101 Å². The van der Waals surface area contributed by atoms with E-state index in [1.807, 2.05) is 4.90 Å². The quantitative estimate of drug-likeness (QED) is 0.518. The summed E-state index contributed by atoms with van der Waals surface area (Å²) in [6.07, 6.45) is 2.45. The number of hydrogen-bond acceptors (Lipinski definition) is 5. The summed E-state index contributed by atoms with van der Waals surface area (Å²) in [6, 6.07) is 0. The number of carbonyl (C=O) groups is 3. The van der Waals surface area contributed by atoms with Gasteiger partial charge in [-0.3, -0.25) is 9.59 Å². The molecule has 8 nitrogen and oxygen atoms in total. The fourth-order valence-electron chi connectivity index (χ4n) is 3.52. The zero-order valence-corrected chi connectivity index (χ0v) is 17.2. The molecular formula is C20H31N3O5. The fourth-order valence-corrected chi connectivity index (χ4v) is 3.52. The molecule has 0 bridgehead atoms. The number of nitrogens with zero attached hydrogens (tertiary/aromatic N) is 1. The summed E-state index contributed by atoms with van der Waals surface area (Å²) in [4.78, 5) is 41.8. The van der Waals surface area contributed by atoms with Crippen molar-refractivity contribution in [2.24, 2.45) is 5.92 Å². The maximum Gasteiger partial charge on any atom is 0.340 e. The molecule has 28 heavy (non-hydrogen) atoms. The van der Waals surface area contributed by atoms with Gasteiger partial charge in [-0.25, -0.2) is 4.79 Å². The number of methoxy groups -OCH3 is 1. The molecule has 1 atom stereocenters. The molecule has 0 aromatic carbocycles. The van der Waals surface area contributed by atoms with Crippen molar-refractivity contribution in [3.05, 3.63) is 22.5 Å². The van der Waals surface area contributed by atoms with Crippen LogP contribution < -0.4 is 5.32 Å². The lowest BCUT2D eigenvalue weighted by atomic mass is 10.00. The van der Waals surface area contributed by atoms with Crippen LogP contribution in [0.1, 0.15) is 58.3 Å². The van der Waals surface area contributed by atoms with Crippen LogP contribution in [0.5, 0.6) is 0 Å². The number of piperidine rings is 1. The highest BCUT2D eigenvalue weighted by molar-refractivity contribution is 6.00. The first kappa shape index (κ1) is 21.9. The Morgan fingerprint density at radius 3 is 2.68 bits per heavy atom. The highest BCUT2D eigenvalue weighted by atomic mass is 16.6. The lowest BCUT2D eigenvalue weighted by Crippen LogP contribution is -2.40. The Balaban J connectivity index is 1.89. The van der Waals surface area contributed by atoms with Crippen molar-refractivity contribution in [2.75, 3.05) is 40.0 Å². The zero-order chi connectivity index (χ0) is 20.7. The maximum atomic E-state index is 12.5. The summed E-state index contributed by atoms with van der Waals surface area (Å²) in [7, 11) is 1.53. The molecule has 1 unspecified atom stereocenters. The minimum atomic E-state index is -0.489. The van der Waals surface area contributed by atoms with Crippen LogP contribution in [0.15, 0.2) is 0 Å². The van der Waals surface area contributed by atoms with Gasteiger partial charge < -0.3 is 24.7 Å². The van der Waals surface area contributed by atoms with Gasteiger partial charge in [-0.2, -0.15) is 0 Å². The van der Waals surface area contributed by atoms with E-state index in [9.17, 15) is 14.4 Å². The van der Waals surface area contributed by atoms with E-state index >= 15 is 0 Å². The Morgan fingerprint density at radius 2 is 2.00 bits per heavy atom. The van der Waals surface area contributed by atoms with Gasteiger partial charge in [0, 0.05) is 38.9 Å². The third-order valence-corrected chi connectivity index (χ3v) is 5.02. The average Bonchev–Trinajstić information content (AvgIpc) is 2.96. The van der Waals surface area contributed by atoms with Crippen molar-refractivity contribution in [2.45, 2.75) is 40.0 Å². The Kier molecular flexibility index (Phi) is 8.04. The van der Waals surface area contributed by atoms with E-state index in [2.05, 4.69) is 17.2 Å². The second kappa shape index (κ2) is 10.3. The number of rotatable bonds is 8. The van der Waals surface area contributed by atoms with Gasteiger partial charge in [-0.05, 0) is 38.2 Å². The van der Waals surface area contributed by atoms with Gasteiger partial charge in [0.25, 0.3) is 5.91 Å². The van der Waals surface area contributed by atoms with E-state index in [-0.39, 0.29) is 31.4 Å². The number of likely N-dealkylation sites (tertiary alicyclic amines) is 1. The lowest BCUT2D eigenvalue weighted by molar-refractivity contribution is -0.132. The van der Waals surface area contributed by atoms with Gasteiger partial charge in [0.15, 0.2) is 0 Å². The first-order chi connectivity index (χ1) is 13.3. The van der Waals surface area contributed by atoms with Crippen LogP contribution in [0, 0.1) is 19.8 Å². The normalized spacial score (nSPS) is 16.7. The van der Waals surface area contributed by atoms with Crippen molar-refractivity contribution in [1.29, 1.82) is 0 Å². The fraction of sp³-hybridized carbons (Fsp3) is 0.650. The van der Waals surface area contributed by atoms with Gasteiger partial charge in [-0.1, -0.05) is 6.92 Å². The van der Waals surface area contributed by atoms with Crippen LogP contribution in [-0.4, -0.2) is 67.6 Å². The van der Waals surface area contributed by atoms with E-state index < -0.39 is 5.97 Å². The largest absolute Gasteiger partial charge is 0.460 e. The summed E-state index contributed by atoms with van der Waals surface area (Å²) in [5.74, 6) is -0.236. The molecule has 0 saturated carbocycles. The molecular weight excluding hydrogens is 362 g/mol. The molecule has 8 heteroatoms. The SMILES string of the molecule is COCCOC(=O)c1c(C)[nH]c(C(=O)NCCC(=O)N2CCCC(C)C2)c1C. The van der Waals surface area contributed by atoms with Crippen LogP contribution in [0.25, 0.3) is 0 Å². The molecule has 1 aromatic heterocycles. The van der Waals surface area contributed by atoms with Crippen LogP contribution in [-0.2, 0) is 14.3 Å². The molecule has 156 valence electrons. The molecule has 1 fully saturated rings. The third-order valence-electron chi connectivity index (χ3n) is 5.02. The number of esters is 1. The number of hydrogen-bond donors (Lipinski definition) is 2. The molecule has 2 N–H and O–H groups in total. The van der Waals surface area contributed by atoms with Gasteiger partial charge in [0.2, 0.25) is 5.91 Å². The minimum Gasteiger partial charge on any atom is -0.460 e. The van der Waals surface area contributed by atoms with Crippen molar-refractivity contribution >= 4 is 17.8 Å². The van der Waals surface area contributed by atoms with Crippen LogP contribution in [0.3, 0.4) is 0 Å². The highest BCUT2D eigenvalue weighted by Crippen LogP contribution is 2.19. The highest BCUT2D eigenvalue weighted by Gasteiger charge is 2.24. The van der Waals surface area contributed by atoms with Gasteiger partial charge in [0.05, 0.1) is 12.2 Å². The number of ether oxygens (including phenoxy) is 2. The molecule has 0 spiro atoms. The van der Waals surface area contributed by atoms with Crippen LogP contribution >= 0.6 is 0 Å². The number of aromatic nitrogens is 1. The number of aryl methyl sites for hydroxylation is 1. The Labute approximate surface area is 165 Å². The van der Waals surface area contributed by atoms with Crippen molar-refractivity contribution in [3.8, 4) is 0 Å². The zero-order valence-electron chi connectivity index (χ0n) is 17.2. The maximum absolute atomic E-state index is 12.5. The van der Waals surface area contributed by atoms with Gasteiger partial charge in [0.1, 0.15) is 12.3 Å². The number of carbonyl (C=O) groups excluding carboxylic acids is 3. The van der Waals surface area contributed by atoms with E-state index in [1.54, 1.807) is 13.8 Å². The van der Waals surface area contributed by atoms with E-state index in [4.69, 9.17) is 9.47 Å². The standard InChI is InChI=1S/C20H31N3O5/c1-13-6-5-9-23(12-13)16(24)7-8-21-19(25)18-14(2)17(15(3)22-18)20(26)28-11-10-27-4/h13,22H,5-12H2,1-4H3,(H,21,25). The van der Waals surface area contributed by atoms with Crippen LogP contribution in [0.4, 0.5) is 0 Å². The van der Waals surface area contributed by atoms with E-state index in [1.165, 1.54) is 7.11 Å². The summed E-state index contributed by atoms with van der Waals surface area (Å²) in [6.45, 7) is 7.87. The monoisotopic (exact) mass is 393 g/mol. The van der Waals surface area contributed by atoms with E-state index in [0.29, 0.717) is 35.0 Å². The number of aromatic amines is 1. The number of H-pyrrole nitrogens is 1. The third kappa shape index (κ3) is 5.58. The average molecular weight is 393 g/mol. The molecule has 0 aliphatic carbocycles. The predicted octanol–water partition coefficient (Wildman–Crippen LogP) is 1.81. The summed E-state index contributed by atoms with van der Waals surface area (Å²) >= 11 is 0.